The first-order valence-corrected chi connectivity index (χ1v) is 4.89. The van der Waals surface area contributed by atoms with Crippen LogP contribution in [-0.2, 0) is 23.8 Å². The Kier molecular flexibility index (Phi) is 6.22. The van der Waals surface area contributed by atoms with Gasteiger partial charge in [0.2, 0.25) is 0 Å². The van der Waals surface area contributed by atoms with Crippen molar-refractivity contribution in [2.45, 2.75) is 13.8 Å². The smallest absolute Gasteiger partial charge is 0.333 e. The molecule has 0 heterocycles. The van der Waals surface area contributed by atoms with E-state index in [1.807, 2.05) is 13.8 Å². The van der Waals surface area contributed by atoms with Gasteiger partial charge in [0.15, 0.2) is 0 Å². The lowest BCUT2D eigenvalue weighted by molar-refractivity contribution is -0.146. The van der Waals surface area contributed by atoms with Crippen molar-refractivity contribution < 1.29 is 23.8 Å². The quantitative estimate of drug-likeness (QED) is 0.402. The van der Waals surface area contributed by atoms with Gasteiger partial charge in [-0.2, -0.15) is 0 Å². The normalized spacial score (nSPS) is 13.2. The van der Waals surface area contributed by atoms with Gasteiger partial charge in [-0.1, -0.05) is 13.8 Å². The Hall–Kier alpha value is -1.52. The molecule has 1 atom stereocenters. The molecule has 0 aliphatic rings. The van der Waals surface area contributed by atoms with E-state index in [2.05, 4.69) is 9.47 Å². The number of ether oxygens (including phenoxy) is 3. The fraction of sp³-hybridized carbons (Fsp3) is 0.636. The van der Waals surface area contributed by atoms with E-state index in [1.54, 1.807) is 0 Å². The van der Waals surface area contributed by atoms with Crippen LogP contribution in [0.15, 0.2) is 11.8 Å². The van der Waals surface area contributed by atoms with E-state index in [1.165, 1.54) is 21.3 Å². The maximum Gasteiger partial charge on any atom is 0.333 e. The minimum absolute atomic E-state index is 0.0386. The van der Waals surface area contributed by atoms with Crippen LogP contribution in [-0.4, -0.2) is 33.3 Å². The highest BCUT2D eigenvalue weighted by atomic mass is 16.5. The summed E-state index contributed by atoms with van der Waals surface area (Å²) in [4.78, 5) is 22.6. The van der Waals surface area contributed by atoms with Crippen molar-refractivity contribution in [2.75, 3.05) is 21.3 Å². The number of methoxy groups -OCH3 is 3. The Labute approximate surface area is 95.4 Å². The SMILES string of the molecule is COC(=O)C=C(OC)C(C(=O)OC)C(C)C. The minimum Gasteiger partial charge on any atom is -0.500 e. The van der Waals surface area contributed by atoms with Gasteiger partial charge in [-0.05, 0) is 5.92 Å². The van der Waals surface area contributed by atoms with Crippen LogP contribution in [0.5, 0.6) is 0 Å². The summed E-state index contributed by atoms with van der Waals surface area (Å²) in [6, 6.07) is 0. The highest BCUT2D eigenvalue weighted by Crippen LogP contribution is 2.22. The number of esters is 2. The third-order valence-electron chi connectivity index (χ3n) is 2.13. The molecule has 0 saturated heterocycles. The summed E-state index contributed by atoms with van der Waals surface area (Å²) in [5.41, 5.74) is 0. The number of rotatable bonds is 5. The monoisotopic (exact) mass is 230 g/mol. The van der Waals surface area contributed by atoms with E-state index >= 15 is 0 Å². The van der Waals surface area contributed by atoms with Crippen LogP contribution in [0, 0.1) is 11.8 Å². The van der Waals surface area contributed by atoms with Crippen molar-refractivity contribution in [1.29, 1.82) is 0 Å². The number of hydrogen-bond donors (Lipinski definition) is 0. The van der Waals surface area contributed by atoms with Gasteiger partial charge in [0.25, 0.3) is 0 Å². The summed E-state index contributed by atoms with van der Waals surface area (Å²) >= 11 is 0. The molecule has 1 unspecified atom stereocenters. The number of hydrogen-bond acceptors (Lipinski definition) is 5. The molecule has 0 aliphatic heterocycles. The summed E-state index contributed by atoms with van der Waals surface area (Å²) < 4.78 is 14.2. The molecule has 0 aliphatic carbocycles. The van der Waals surface area contributed by atoms with Gasteiger partial charge in [0.1, 0.15) is 11.7 Å². The molecule has 0 N–H and O–H groups in total. The lowest BCUT2D eigenvalue weighted by atomic mass is 9.93. The summed E-state index contributed by atoms with van der Waals surface area (Å²) in [7, 11) is 3.95. The van der Waals surface area contributed by atoms with Crippen molar-refractivity contribution in [3.8, 4) is 0 Å². The van der Waals surface area contributed by atoms with Gasteiger partial charge in [-0.15, -0.1) is 0 Å². The largest absolute Gasteiger partial charge is 0.500 e. The topological polar surface area (TPSA) is 61.8 Å². The molecule has 0 rings (SSSR count). The Bertz CT molecular complexity index is 280. The van der Waals surface area contributed by atoms with E-state index < -0.39 is 17.9 Å². The molecule has 5 heteroatoms. The summed E-state index contributed by atoms with van der Waals surface area (Å²) in [6.45, 7) is 3.68. The third-order valence-corrected chi connectivity index (χ3v) is 2.13. The van der Waals surface area contributed by atoms with Crippen molar-refractivity contribution in [2.24, 2.45) is 11.8 Å². The maximum absolute atomic E-state index is 11.5. The molecule has 0 spiro atoms. The molecule has 0 aromatic rings. The zero-order chi connectivity index (χ0) is 12.7. The van der Waals surface area contributed by atoms with Gasteiger partial charge < -0.3 is 14.2 Å². The fourth-order valence-electron chi connectivity index (χ4n) is 1.29. The molecule has 5 nitrogen and oxygen atoms in total. The van der Waals surface area contributed by atoms with Crippen molar-refractivity contribution >= 4 is 11.9 Å². The molecule has 0 bridgehead atoms. The standard InChI is InChI=1S/C11H18O5/c1-7(2)10(11(13)16-5)8(14-3)6-9(12)15-4/h6-7,10H,1-5H3. The number of carbonyl (C=O) groups is 2. The second kappa shape index (κ2) is 6.87. The van der Waals surface area contributed by atoms with E-state index in [0.717, 1.165) is 6.08 Å². The zero-order valence-corrected chi connectivity index (χ0v) is 10.3. The van der Waals surface area contributed by atoms with Crippen LogP contribution in [0.3, 0.4) is 0 Å². The van der Waals surface area contributed by atoms with Gasteiger partial charge in [0.05, 0.1) is 27.4 Å². The van der Waals surface area contributed by atoms with E-state index in [9.17, 15) is 9.59 Å². The maximum atomic E-state index is 11.5. The summed E-state index contributed by atoms with van der Waals surface area (Å²) in [5, 5.41) is 0. The lowest BCUT2D eigenvalue weighted by Gasteiger charge is -2.20. The molecule has 16 heavy (non-hydrogen) atoms. The van der Waals surface area contributed by atoms with Gasteiger partial charge in [0, 0.05) is 0 Å². The van der Waals surface area contributed by atoms with E-state index in [4.69, 9.17) is 4.74 Å². The fourth-order valence-corrected chi connectivity index (χ4v) is 1.29. The average Bonchev–Trinajstić information content (AvgIpc) is 2.26. The first kappa shape index (κ1) is 14.5. The van der Waals surface area contributed by atoms with Crippen molar-refractivity contribution in [3.63, 3.8) is 0 Å². The van der Waals surface area contributed by atoms with Crippen LogP contribution in [0.4, 0.5) is 0 Å². The van der Waals surface area contributed by atoms with Crippen LogP contribution in [0.25, 0.3) is 0 Å². The molecule has 0 aromatic carbocycles. The molecule has 0 aromatic heterocycles. The Morgan fingerprint density at radius 3 is 1.88 bits per heavy atom. The van der Waals surface area contributed by atoms with Crippen molar-refractivity contribution in [1.82, 2.24) is 0 Å². The highest BCUT2D eigenvalue weighted by molar-refractivity contribution is 5.84. The molecular weight excluding hydrogens is 212 g/mol. The Morgan fingerprint density at radius 1 is 1.00 bits per heavy atom. The predicted molar refractivity (Wildman–Crippen MR) is 57.5 cm³/mol. The zero-order valence-electron chi connectivity index (χ0n) is 10.3. The summed E-state index contributed by atoms with van der Waals surface area (Å²) in [6.07, 6.45) is 1.15. The molecule has 0 amide bonds. The Balaban J connectivity index is 5.07. The molecule has 0 fully saturated rings. The minimum atomic E-state index is -0.603. The highest BCUT2D eigenvalue weighted by Gasteiger charge is 2.29. The van der Waals surface area contributed by atoms with E-state index in [-0.39, 0.29) is 11.7 Å². The number of carbonyl (C=O) groups excluding carboxylic acids is 2. The molecular formula is C11H18O5. The molecule has 92 valence electrons. The third kappa shape index (κ3) is 3.92. The van der Waals surface area contributed by atoms with Gasteiger partial charge in [-0.25, -0.2) is 4.79 Å². The van der Waals surface area contributed by atoms with Crippen LogP contribution >= 0.6 is 0 Å². The molecule has 0 saturated carbocycles. The first-order chi connectivity index (χ1) is 7.47. The van der Waals surface area contributed by atoms with Crippen LogP contribution in [0.2, 0.25) is 0 Å². The van der Waals surface area contributed by atoms with Gasteiger partial charge >= 0.3 is 11.9 Å². The summed E-state index contributed by atoms with van der Waals surface area (Å²) in [5.74, 6) is -1.40. The van der Waals surface area contributed by atoms with E-state index in [0.29, 0.717) is 0 Å². The second-order valence-corrected chi connectivity index (χ2v) is 3.52. The first-order valence-electron chi connectivity index (χ1n) is 4.89. The average molecular weight is 230 g/mol. The van der Waals surface area contributed by atoms with Gasteiger partial charge in [-0.3, -0.25) is 4.79 Å². The lowest BCUT2D eigenvalue weighted by Crippen LogP contribution is -2.25. The van der Waals surface area contributed by atoms with Crippen LogP contribution < -0.4 is 0 Å². The molecule has 0 radical (unpaired) electrons. The van der Waals surface area contributed by atoms with Crippen molar-refractivity contribution in [3.05, 3.63) is 11.8 Å². The predicted octanol–water partition coefficient (Wildman–Crippen LogP) is 1.13. The van der Waals surface area contributed by atoms with Crippen LogP contribution in [0.1, 0.15) is 13.8 Å². The second-order valence-electron chi connectivity index (χ2n) is 3.52. The Morgan fingerprint density at radius 2 is 1.56 bits per heavy atom.